The van der Waals surface area contributed by atoms with Gasteiger partial charge in [0.05, 0.1) is 0 Å². The van der Waals surface area contributed by atoms with Gasteiger partial charge >= 0.3 is 5.97 Å². The van der Waals surface area contributed by atoms with Gasteiger partial charge in [0, 0.05) is 22.7 Å². The molecular formula is C19H26N2O3S. The van der Waals surface area contributed by atoms with Crippen molar-refractivity contribution in [2.45, 2.75) is 46.1 Å². The molecule has 0 saturated heterocycles. The fraction of sp³-hybridized carbons (Fsp3) is 0.579. The molecule has 3 aliphatic rings. The Labute approximate surface area is 152 Å². The molecule has 0 aromatic carbocycles. The molecule has 2 atom stereocenters. The number of nitrogens with one attached hydrogen (secondary N) is 1. The second kappa shape index (κ2) is 6.74. The van der Waals surface area contributed by atoms with Crippen LogP contribution in [0, 0.1) is 11.3 Å². The quantitative estimate of drug-likeness (QED) is 0.366. The highest BCUT2D eigenvalue weighted by Gasteiger charge is 2.56. The van der Waals surface area contributed by atoms with E-state index in [-0.39, 0.29) is 17.1 Å². The third-order valence-electron chi connectivity index (χ3n) is 6.10. The summed E-state index contributed by atoms with van der Waals surface area (Å²) in [5.41, 5.74) is 8.30. The standard InChI is InChI=1S/C19H26N2O3S/c1-10-8-13-16(11(2)19(5-6-19)12(3)17(13)22)14(10)9-25-7-4-15(21-20)18(23)24/h8,12,15,21H,4-7,9,20H2,1-3H3,(H,23,24)/t12-,15?/m1/s1. The summed E-state index contributed by atoms with van der Waals surface area (Å²) in [6.07, 6.45) is 4.75. The van der Waals surface area contributed by atoms with E-state index in [4.69, 9.17) is 10.9 Å². The first-order valence-corrected chi connectivity index (χ1v) is 9.93. The van der Waals surface area contributed by atoms with Gasteiger partial charge in [-0.3, -0.25) is 15.4 Å². The van der Waals surface area contributed by atoms with Crippen LogP contribution in [0.25, 0.3) is 0 Å². The molecule has 0 aromatic heterocycles. The topological polar surface area (TPSA) is 92.4 Å². The minimum absolute atomic E-state index is 0.0919. The fourth-order valence-electron chi connectivity index (χ4n) is 4.20. The maximum atomic E-state index is 12.8. The summed E-state index contributed by atoms with van der Waals surface area (Å²) in [5.74, 6) is 6.22. The van der Waals surface area contributed by atoms with E-state index in [2.05, 4.69) is 26.2 Å². The third kappa shape index (κ3) is 3.00. The average molecular weight is 362 g/mol. The number of aliphatic carboxylic acids is 1. The summed E-state index contributed by atoms with van der Waals surface area (Å²) in [6.45, 7) is 6.34. The average Bonchev–Trinajstić information content (AvgIpc) is 3.31. The number of carboxylic acids is 1. The lowest BCUT2D eigenvalue weighted by atomic mass is 9.70. The largest absolute Gasteiger partial charge is 0.480 e. The van der Waals surface area contributed by atoms with Gasteiger partial charge in [-0.05, 0) is 61.7 Å². The summed E-state index contributed by atoms with van der Waals surface area (Å²) in [7, 11) is 0. The predicted molar refractivity (Wildman–Crippen MR) is 100 cm³/mol. The Kier molecular flexibility index (Phi) is 4.97. The summed E-state index contributed by atoms with van der Waals surface area (Å²) in [6, 6.07) is -0.715. The lowest BCUT2D eigenvalue weighted by Gasteiger charge is -2.32. The number of carbonyl (C=O) groups is 2. The second-order valence-electron chi connectivity index (χ2n) is 7.36. The van der Waals surface area contributed by atoms with Crippen LogP contribution in [0.2, 0.25) is 0 Å². The lowest BCUT2D eigenvalue weighted by Crippen LogP contribution is -2.41. The molecule has 0 bridgehead atoms. The van der Waals surface area contributed by atoms with Crippen molar-refractivity contribution in [2.24, 2.45) is 17.2 Å². The molecule has 6 heteroatoms. The van der Waals surface area contributed by atoms with E-state index in [1.165, 1.54) is 22.3 Å². The number of hydrazine groups is 1. The van der Waals surface area contributed by atoms with E-state index in [9.17, 15) is 9.59 Å². The molecule has 0 heterocycles. The normalized spacial score (nSPS) is 25.4. The number of carboxylic acid groups (broad SMARTS) is 1. The highest BCUT2D eigenvalue weighted by atomic mass is 32.2. The van der Waals surface area contributed by atoms with E-state index >= 15 is 0 Å². The van der Waals surface area contributed by atoms with Gasteiger partial charge in [-0.1, -0.05) is 12.5 Å². The molecule has 0 aliphatic heterocycles. The lowest BCUT2D eigenvalue weighted by molar-refractivity contribution is -0.139. The van der Waals surface area contributed by atoms with Gasteiger partial charge in [0.25, 0.3) is 0 Å². The number of rotatable bonds is 7. The number of hydrogen-bond acceptors (Lipinski definition) is 5. The van der Waals surface area contributed by atoms with E-state index in [1.807, 2.05) is 6.08 Å². The number of nitrogens with two attached hydrogens (primary N) is 1. The van der Waals surface area contributed by atoms with E-state index < -0.39 is 12.0 Å². The second-order valence-corrected chi connectivity index (χ2v) is 8.47. The molecule has 25 heavy (non-hydrogen) atoms. The van der Waals surface area contributed by atoms with Crippen LogP contribution in [0.5, 0.6) is 0 Å². The van der Waals surface area contributed by atoms with Crippen LogP contribution >= 0.6 is 11.8 Å². The molecule has 136 valence electrons. The predicted octanol–water partition coefficient (Wildman–Crippen LogP) is 2.60. The molecule has 3 aliphatic carbocycles. The van der Waals surface area contributed by atoms with Gasteiger partial charge in [-0.25, -0.2) is 5.43 Å². The number of ketones is 1. The zero-order chi connectivity index (χ0) is 18.4. The van der Waals surface area contributed by atoms with Gasteiger partial charge in [0.15, 0.2) is 5.78 Å². The van der Waals surface area contributed by atoms with Gasteiger partial charge in [0.2, 0.25) is 0 Å². The molecule has 0 radical (unpaired) electrons. The van der Waals surface area contributed by atoms with E-state index in [1.54, 1.807) is 11.8 Å². The minimum Gasteiger partial charge on any atom is -0.480 e. The Bertz CT molecular complexity index is 716. The number of carbonyl (C=O) groups excluding carboxylic acids is 1. The number of allylic oxidation sites excluding steroid dienone is 5. The first-order chi connectivity index (χ1) is 11.8. The van der Waals surface area contributed by atoms with Gasteiger partial charge in [0.1, 0.15) is 6.04 Å². The first kappa shape index (κ1) is 18.4. The highest BCUT2D eigenvalue weighted by molar-refractivity contribution is 7.99. The van der Waals surface area contributed by atoms with Crippen LogP contribution in [0.3, 0.4) is 0 Å². The summed E-state index contributed by atoms with van der Waals surface area (Å²) < 4.78 is 0. The van der Waals surface area contributed by atoms with Crippen molar-refractivity contribution in [3.63, 3.8) is 0 Å². The van der Waals surface area contributed by atoms with Crippen LogP contribution < -0.4 is 11.3 Å². The molecule has 0 amide bonds. The monoisotopic (exact) mass is 362 g/mol. The molecule has 3 rings (SSSR count). The Balaban J connectivity index is 1.71. The smallest absolute Gasteiger partial charge is 0.322 e. The first-order valence-electron chi connectivity index (χ1n) is 8.78. The zero-order valence-corrected chi connectivity index (χ0v) is 15.8. The SMILES string of the molecule is CC1=C(CSCCC(NN)C(=O)O)C2=C(C)C3(CC3)[C@H](C)C(=O)C2=C1. The molecule has 1 fully saturated rings. The molecule has 1 spiro atoms. The Morgan fingerprint density at radius 3 is 2.72 bits per heavy atom. The van der Waals surface area contributed by atoms with Gasteiger partial charge < -0.3 is 5.11 Å². The van der Waals surface area contributed by atoms with E-state index in [0.717, 1.165) is 24.2 Å². The summed E-state index contributed by atoms with van der Waals surface area (Å²) in [5, 5.41) is 9.02. The minimum atomic E-state index is -0.926. The third-order valence-corrected chi connectivity index (χ3v) is 7.12. The fourth-order valence-corrected chi connectivity index (χ4v) is 5.32. The number of fused-ring (bicyclic) bond motifs is 1. The van der Waals surface area contributed by atoms with Crippen molar-refractivity contribution in [3.05, 3.63) is 33.9 Å². The van der Waals surface area contributed by atoms with Crippen LogP contribution in [-0.2, 0) is 9.59 Å². The number of hydrogen-bond donors (Lipinski definition) is 3. The highest BCUT2D eigenvalue weighted by Crippen LogP contribution is 2.63. The maximum Gasteiger partial charge on any atom is 0.322 e. The number of Topliss-reactive ketones (excluding diaryl/α,β-unsaturated/α-hetero) is 1. The Hall–Kier alpha value is -1.37. The van der Waals surface area contributed by atoms with Crippen molar-refractivity contribution < 1.29 is 14.7 Å². The molecule has 5 nitrogen and oxygen atoms in total. The summed E-state index contributed by atoms with van der Waals surface area (Å²) >= 11 is 1.70. The molecular weight excluding hydrogens is 336 g/mol. The van der Waals surface area contributed by atoms with Gasteiger partial charge in [-0.2, -0.15) is 11.8 Å². The summed E-state index contributed by atoms with van der Waals surface area (Å²) in [4.78, 5) is 23.8. The van der Waals surface area contributed by atoms with Gasteiger partial charge in [-0.15, -0.1) is 0 Å². The van der Waals surface area contributed by atoms with Crippen LogP contribution in [0.15, 0.2) is 33.9 Å². The van der Waals surface area contributed by atoms with E-state index in [0.29, 0.717) is 12.2 Å². The Morgan fingerprint density at radius 1 is 1.48 bits per heavy atom. The van der Waals surface area contributed by atoms with Crippen molar-refractivity contribution in [2.75, 3.05) is 11.5 Å². The van der Waals surface area contributed by atoms with Crippen LogP contribution in [0.1, 0.15) is 40.0 Å². The van der Waals surface area contributed by atoms with Crippen molar-refractivity contribution >= 4 is 23.5 Å². The van der Waals surface area contributed by atoms with Crippen LogP contribution in [0.4, 0.5) is 0 Å². The Morgan fingerprint density at radius 2 is 2.16 bits per heavy atom. The maximum absolute atomic E-state index is 12.8. The number of thioether (sulfide) groups is 1. The van der Waals surface area contributed by atoms with Crippen molar-refractivity contribution in [1.82, 2.24) is 5.43 Å². The van der Waals surface area contributed by atoms with Crippen molar-refractivity contribution in [1.29, 1.82) is 0 Å². The van der Waals surface area contributed by atoms with Crippen molar-refractivity contribution in [3.8, 4) is 0 Å². The molecule has 1 saturated carbocycles. The molecule has 4 N–H and O–H groups in total. The molecule has 0 aromatic rings. The molecule has 1 unspecified atom stereocenters. The van der Waals surface area contributed by atoms with Crippen LogP contribution in [-0.4, -0.2) is 34.4 Å². The zero-order valence-electron chi connectivity index (χ0n) is 15.0.